The van der Waals surface area contributed by atoms with Crippen molar-refractivity contribution in [3.05, 3.63) is 53.9 Å². The normalized spacial score (nSPS) is 20.2. The van der Waals surface area contributed by atoms with Gasteiger partial charge in [-0.25, -0.2) is 8.42 Å². The Morgan fingerprint density at radius 1 is 1.06 bits per heavy atom. The topological polar surface area (TPSA) is 115 Å². The third-order valence-electron chi connectivity index (χ3n) is 6.52. The lowest BCUT2D eigenvalue weighted by molar-refractivity contribution is 0.122. The van der Waals surface area contributed by atoms with Gasteiger partial charge in [-0.3, -0.25) is 0 Å². The summed E-state index contributed by atoms with van der Waals surface area (Å²) < 4.78 is 37.6. The van der Waals surface area contributed by atoms with Crippen molar-refractivity contribution in [3.63, 3.8) is 0 Å². The fourth-order valence-electron chi connectivity index (χ4n) is 4.61. The number of nitrogens with two attached hydrogens (primary N) is 1. The fraction of sp³-hybridized carbons (Fsp3) is 0.462. The van der Waals surface area contributed by atoms with Crippen LogP contribution in [0.3, 0.4) is 0 Å². The molecular weight excluding hydrogens is 478 g/mol. The van der Waals surface area contributed by atoms with Crippen LogP contribution in [0.1, 0.15) is 32.2 Å². The highest BCUT2D eigenvalue weighted by atomic mass is 32.2. The molecule has 2 aliphatic rings. The van der Waals surface area contributed by atoms with E-state index < -0.39 is 15.9 Å². The maximum atomic E-state index is 13.1. The summed E-state index contributed by atoms with van der Waals surface area (Å²) in [6.45, 7) is 10.2. The van der Waals surface area contributed by atoms with Crippen LogP contribution in [0.25, 0.3) is 11.5 Å². The number of nitrogens with zero attached hydrogens (tertiary/aromatic N) is 4. The van der Waals surface area contributed by atoms with Gasteiger partial charge in [0.15, 0.2) is 9.84 Å². The minimum absolute atomic E-state index is 0.0967. The summed E-state index contributed by atoms with van der Waals surface area (Å²) in [6, 6.07) is 13.1. The SMILES string of the molecule is CC(C)(C)c1nnc(-c2ccc3c(c2)N(Cc2ccc(N4CCOCC4)cc2)C[C@@H](N)CS3(=O)=O)o1. The number of morpholine rings is 1. The average Bonchev–Trinajstić information content (AvgIpc) is 3.32. The molecule has 3 heterocycles. The van der Waals surface area contributed by atoms with Crippen molar-refractivity contribution in [2.24, 2.45) is 5.73 Å². The zero-order valence-electron chi connectivity index (χ0n) is 21.0. The molecule has 0 unspecified atom stereocenters. The lowest BCUT2D eigenvalue weighted by atomic mass is 9.97. The van der Waals surface area contributed by atoms with Crippen LogP contribution in [0.4, 0.5) is 11.4 Å². The molecule has 1 saturated heterocycles. The summed E-state index contributed by atoms with van der Waals surface area (Å²) in [5, 5.41) is 8.41. The molecule has 36 heavy (non-hydrogen) atoms. The molecule has 2 N–H and O–H groups in total. The molecule has 1 fully saturated rings. The van der Waals surface area contributed by atoms with E-state index in [1.807, 2.05) is 31.7 Å². The van der Waals surface area contributed by atoms with Crippen LogP contribution < -0.4 is 15.5 Å². The standard InChI is InChI=1S/C26H33N5O4S/c1-26(2,3)25-29-28-24(35-25)19-6-9-23-22(14-19)31(16-20(27)17-36(23,32)33)15-18-4-7-21(8-5-18)30-10-12-34-13-11-30/h4-9,14,20H,10-13,15-17,27H2,1-3H3/t20-/m1/s1. The Morgan fingerprint density at radius 3 is 2.44 bits per heavy atom. The summed E-state index contributed by atoms with van der Waals surface area (Å²) in [5.41, 5.74) is 9.50. The molecule has 2 aromatic carbocycles. The molecule has 0 amide bonds. The molecule has 5 rings (SSSR count). The van der Waals surface area contributed by atoms with Gasteiger partial charge in [0.25, 0.3) is 0 Å². The van der Waals surface area contributed by atoms with Gasteiger partial charge in [0.2, 0.25) is 11.8 Å². The summed E-state index contributed by atoms with van der Waals surface area (Å²) >= 11 is 0. The number of benzene rings is 2. The van der Waals surface area contributed by atoms with Crippen LogP contribution in [-0.2, 0) is 26.5 Å². The van der Waals surface area contributed by atoms with Gasteiger partial charge in [-0.2, -0.15) is 0 Å². The quantitative estimate of drug-likeness (QED) is 0.564. The maximum Gasteiger partial charge on any atom is 0.247 e. The first-order valence-electron chi connectivity index (χ1n) is 12.2. The van der Waals surface area contributed by atoms with Crippen molar-refractivity contribution >= 4 is 21.2 Å². The van der Waals surface area contributed by atoms with E-state index >= 15 is 0 Å². The molecule has 3 aromatic rings. The van der Waals surface area contributed by atoms with Gasteiger partial charge in [-0.1, -0.05) is 32.9 Å². The first kappa shape index (κ1) is 24.7. The second-order valence-electron chi connectivity index (χ2n) is 10.5. The van der Waals surface area contributed by atoms with Crippen LogP contribution in [0.2, 0.25) is 0 Å². The van der Waals surface area contributed by atoms with E-state index in [1.54, 1.807) is 12.1 Å². The molecule has 0 radical (unpaired) electrons. The summed E-state index contributed by atoms with van der Waals surface area (Å²) in [5.74, 6) is 0.795. The second-order valence-corrected chi connectivity index (χ2v) is 12.5. The van der Waals surface area contributed by atoms with Crippen LogP contribution >= 0.6 is 0 Å². The van der Waals surface area contributed by atoms with Gasteiger partial charge >= 0.3 is 0 Å². The zero-order valence-corrected chi connectivity index (χ0v) is 21.8. The number of sulfone groups is 1. The highest BCUT2D eigenvalue weighted by Gasteiger charge is 2.31. The third kappa shape index (κ3) is 5.11. The highest BCUT2D eigenvalue weighted by molar-refractivity contribution is 7.91. The smallest absolute Gasteiger partial charge is 0.247 e. The van der Waals surface area contributed by atoms with Gasteiger partial charge < -0.3 is 24.7 Å². The minimum atomic E-state index is -3.54. The molecule has 0 bridgehead atoms. The van der Waals surface area contributed by atoms with Crippen LogP contribution in [0.5, 0.6) is 0 Å². The predicted octanol–water partition coefficient (Wildman–Crippen LogP) is 2.99. The molecular formula is C26H33N5O4S. The molecule has 10 heteroatoms. The van der Waals surface area contributed by atoms with E-state index in [4.69, 9.17) is 14.9 Å². The number of aromatic nitrogens is 2. The molecule has 0 spiro atoms. The summed E-state index contributed by atoms with van der Waals surface area (Å²) in [7, 11) is -3.54. The van der Waals surface area contributed by atoms with Crippen molar-refractivity contribution in [1.82, 2.24) is 10.2 Å². The Bertz CT molecular complexity index is 1330. The lowest BCUT2D eigenvalue weighted by Gasteiger charge is -2.29. The maximum absolute atomic E-state index is 13.1. The van der Waals surface area contributed by atoms with Crippen LogP contribution in [0.15, 0.2) is 51.8 Å². The predicted molar refractivity (Wildman–Crippen MR) is 139 cm³/mol. The van der Waals surface area contributed by atoms with E-state index in [-0.39, 0.29) is 16.1 Å². The molecule has 1 atom stereocenters. The Labute approximate surface area is 212 Å². The fourth-order valence-corrected chi connectivity index (χ4v) is 6.24. The molecule has 192 valence electrons. The molecule has 0 saturated carbocycles. The Hall–Kier alpha value is -2.95. The van der Waals surface area contributed by atoms with Crippen LogP contribution in [0, 0.1) is 0 Å². The summed E-state index contributed by atoms with van der Waals surface area (Å²) in [4.78, 5) is 4.62. The number of ether oxygens (including phenoxy) is 1. The third-order valence-corrected chi connectivity index (χ3v) is 8.40. The monoisotopic (exact) mass is 511 g/mol. The number of hydrogen-bond donors (Lipinski definition) is 1. The van der Waals surface area contributed by atoms with Crippen molar-refractivity contribution in [2.75, 3.05) is 48.4 Å². The van der Waals surface area contributed by atoms with E-state index in [9.17, 15) is 8.42 Å². The van der Waals surface area contributed by atoms with Crippen molar-refractivity contribution in [1.29, 1.82) is 0 Å². The molecule has 0 aliphatic carbocycles. The number of hydrogen-bond acceptors (Lipinski definition) is 9. The zero-order chi connectivity index (χ0) is 25.5. The van der Waals surface area contributed by atoms with Crippen LogP contribution in [-0.4, -0.2) is 63.3 Å². The lowest BCUT2D eigenvalue weighted by Crippen LogP contribution is -2.39. The minimum Gasteiger partial charge on any atom is -0.420 e. The number of rotatable bonds is 4. The van der Waals surface area contributed by atoms with Gasteiger partial charge in [0.05, 0.1) is 29.5 Å². The summed E-state index contributed by atoms with van der Waals surface area (Å²) in [6.07, 6.45) is 0. The molecule has 1 aromatic heterocycles. The highest BCUT2D eigenvalue weighted by Crippen LogP contribution is 2.35. The number of anilines is 2. The van der Waals surface area contributed by atoms with E-state index in [0.717, 1.165) is 37.6 Å². The Balaban J connectivity index is 1.48. The average molecular weight is 512 g/mol. The number of fused-ring (bicyclic) bond motifs is 1. The first-order chi connectivity index (χ1) is 17.1. The van der Waals surface area contributed by atoms with Gasteiger partial charge in [0.1, 0.15) is 0 Å². The van der Waals surface area contributed by atoms with Crippen molar-refractivity contribution in [2.45, 2.75) is 43.7 Å². The largest absolute Gasteiger partial charge is 0.420 e. The van der Waals surface area contributed by atoms with E-state index in [0.29, 0.717) is 36.1 Å². The first-order valence-corrected chi connectivity index (χ1v) is 13.9. The Kier molecular flexibility index (Phi) is 6.52. The molecule has 9 nitrogen and oxygen atoms in total. The van der Waals surface area contributed by atoms with Crippen molar-refractivity contribution < 1.29 is 17.6 Å². The van der Waals surface area contributed by atoms with Crippen molar-refractivity contribution in [3.8, 4) is 11.5 Å². The Morgan fingerprint density at radius 2 is 1.78 bits per heavy atom. The van der Waals surface area contributed by atoms with E-state index in [1.165, 1.54) is 0 Å². The van der Waals surface area contributed by atoms with Gasteiger partial charge in [-0.15, -0.1) is 10.2 Å². The second kappa shape index (κ2) is 9.49. The van der Waals surface area contributed by atoms with E-state index in [2.05, 4.69) is 39.4 Å². The van der Waals surface area contributed by atoms with Gasteiger partial charge in [0, 0.05) is 48.9 Å². The van der Waals surface area contributed by atoms with Gasteiger partial charge in [-0.05, 0) is 35.9 Å². The molecule has 2 aliphatic heterocycles.